The van der Waals surface area contributed by atoms with E-state index >= 15 is 0 Å². The van der Waals surface area contributed by atoms with E-state index < -0.39 is 10.0 Å². The third-order valence-corrected chi connectivity index (χ3v) is 4.00. The standard InChI is InChI=1S/C12H15N3O3S/c1-13-12-9-11(5-6-14-12)19(16,17)15-7-4-10-3-2-8-18-10/h2-3,5-6,8-9,15H,4,7H2,1H3,(H,13,14). The molecule has 0 saturated carbocycles. The van der Waals surface area contributed by atoms with E-state index in [-0.39, 0.29) is 11.4 Å². The quantitative estimate of drug-likeness (QED) is 0.832. The highest BCUT2D eigenvalue weighted by molar-refractivity contribution is 7.89. The van der Waals surface area contributed by atoms with Gasteiger partial charge >= 0.3 is 0 Å². The third-order valence-electron chi connectivity index (χ3n) is 2.54. The second kappa shape index (κ2) is 5.85. The van der Waals surface area contributed by atoms with Gasteiger partial charge < -0.3 is 9.73 Å². The highest BCUT2D eigenvalue weighted by Gasteiger charge is 2.14. The van der Waals surface area contributed by atoms with Gasteiger partial charge in [0.25, 0.3) is 0 Å². The molecular weight excluding hydrogens is 266 g/mol. The first-order valence-corrected chi connectivity index (χ1v) is 7.26. The van der Waals surface area contributed by atoms with Crippen molar-refractivity contribution in [3.8, 4) is 0 Å². The summed E-state index contributed by atoms with van der Waals surface area (Å²) in [5.41, 5.74) is 0. The zero-order valence-electron chi connectivity index (χ0n) is 10.5. The summed E-state index contributed by atoms with van der Waals surface area (Å²) in [5, 5.41) is 2.80. The Kier molecular flexibility index (Phi) is 4.18. The molecule has 6 nitrogen and oxygen atoms in total. The van der Waals surface area contributed by atoms with Crippen molar-refractivity contribution in [3.05, 3.63) is 42.5 Å². The lowest BCUT2D eigenvalue weighted by Gasteiger charge is -2.07. The Morgan fingerprint density at radius 2 is 2.21 bits per heavy atom. The Labute approximate surface area is 111 Å². The molecule has 2 heterocycles. The molecule has 0 aliphatic carbocycles. The van der Waals surface area contributed by atoms with Crippen molar-refractivity contribution in [3.63, 3.8) is 0 Å². The van der Waals surface area contributed by atoms with Crippen molar-refractivity contribution in [2.45, 2.75) is 11.3 Å². The summed E-state index contributed by atoms with van der Waals surface area (Å²) in [4.78, 5) is 4.16. The summed E-state index contributed by atoms with van der Waals surface area (Å²) in [5.74, 6) is 1.25. The lowest BCUT2D eigenvalue weighted by atomic mass is 10.3. The summed E-state index contributed by atoms with van der Waals surface area (Å²) in [6.07, 6.45) is 3.52. The second-order valence-corrected chi connectivity index (χ2v) is 5.62. The number of rotatable bonds is 6. The lowest BCUT2D eigenvalue weighted by molar-refractivity contribution is 0.506. The summed E-state index contributed by atoms with van der Waals surface area (Å²) in [7, 11) is -1.83. The zero-order chi connectivity index (χ0) is 13.7. The first kappa shape index (κ1) is 13.6. The van der Waals surface area contributed by atoms with Gasteiger partial charge in [-0.05, 0) is 18.2 Å². The molecule has 0 saturated heterocycles. The van der Waals surface area contributed by atoms with E-state index in [4.69, 9.17) is 4.42 Å². The third kappa shape index (κ3) is 3.55. The minimum atomic E-state index is -3.52. The van der Waals surface area contributed by atoms with Gasteiger partial charge in [-0.2, -0.15) is 0 Å². The molecule has 0 aliphatic rings. The van der Waals surface area contributed by atoms with Crippen LogP contribution in [0.2, 0.25) is 0 Å². The van der Waals surface area contributed by atoms with Gasteiger partial charge in [-0.3, -0.25) is 0 Å². The van der Waals surface area contributed by atoms with Crippen LogP contribution in [0, 0.1) is 0 Å². The zero-order valence-corrected chi connectivity index (χ0v) is 11.3. The number of hydrogen-bond acceptors (Lipinski definition) is 5. The van der Waals surface area contributed by atoms with Gasteiger partial charge in [0.05, 0.1) is 11.2 Å². The number of pyridine rings is 1. The van der Waals surface area contributed by atoms with Gasteiger partial charge in [0.1, 0.15) is 11.6 Å². The average Bonchev–Trinajstić information content (AvgIpc) is 2.92. The first-order chi connectivity index (χ1) is 9.12. The highest BCUT2D eigenvalue weighted by atomic mass is 32.2. The Bertz CT molecular complexity index is 623. The van der Waals surface area contributed by atoms with E-state index in [0.717, 1.165) is 5.76 Å². The van der Waals surface area contributed by atoms with Crippen LogP contribution in [-0.4, -0.2) is 27.0 Å². The Balaban J connectivity index is 2.01. The maximum atomic E-state index is 12.0. The van der Waals surface area contributed by atoms with E-state index in [2.05, 4.69) is 15.0 Å². The van der Waals surface area contributed by atoms with Crippen molar-refractivity contribution in [2.75, 3.05) is 18.9 Å². The molecule has 0 atom stereocenters. The van der Waals surface area contributed by atoms with Crippen LogP contribution in [0.3, 0.4) is 0 Å². The monoisotopic (exact) mass is 281 g/mol. The molecule has 0 fully saturated rings. The fourth-order valence-electron chi connectivity index (χ4n) is 1.56. The smallest absolute Gasteiger partial charge is 0.240 e. The highest BCUT2D eigenvalue weighted by Crippen LogP contribution is 2.12. The van der Waals surface area contributed by atoms with E-state index in [9.17, 15) is 8.42 Å². The molecule has 102 valence electrons. The van der Waals surface area contributed by atoms with Crippen LogP contribution >= 0.6 is 0 Å². The minimum Gasteiger partial charge on any atom is -0.469 e. The molecule has 2 aromatic rings. The normalized spacial score (nSPS) is 11.4. The Morgan fingerprint density at radius 3 is 2.89 bits per heavy atom. The molecule has 7 heteroatoms. The molecule has 19 heavy (non-hydrogen) atoms. The van der Waals surface area contributed by atoms with Crippen LogP contribution in [0.25, 0.3) is 0 Å². The first-order valence-electron chi connectivity index (χ1n) is 5.78. The second-order valence-electron chi connectivity index (χ2n) is 3.85. The molecule has 0 bridgehead atoms. The molecular formula is C12H15N3O3S. The number of nitrogens with zero attached hydrogens (tertiary/aromatic N) is 1. The summed E-state index contributed by atoms with van der Waals surface area (Å²) in [6.45, 7) is 0.285. The summed E-state index contributed by atoms with van der Waals surface area (Å²) < 4.78 is 31.7. The van der Waals surface area contributed by atoms with E-state index in [1.807, 2.05) is 0 Å². The van der Waals surface area contributed by atoms with E-state index in [1.165, 1.54) is 18.3 Å². The van der Waals surface area contributed by atoms with Crippen LogP contribution in [0.4, 0.5) is 5.82 Å². The van der Waals surface area contributed by atoms with Gasteiger partial charge in [0, 0.05) is 32.3 Å². The molecule has 0 unspecified atom stereocenters. The van der Waals surface area contributed by atoms with Gasteiger partial charge in [0.15, 0.2) is 0 Å². The van der Waals surface area contributed by atoms with Crippen LogP contribution in [0.5, 0.6) is 0 Å². The average molecular weight is 281 g/mol. The molecule has 0 radical (unpaired) electrons. The molecule has 2 rings (SSSR count). The summed E-state index contributed by atoms with van der Waals surface area (Å²) in [6, 6.07) is 6.51. The number of sulfonamides is 1. The van der Waals surface area contributed by atoms with Crippen molar-refractivity contribution < 1.29 is 12.8 Å². The Hall–Kier alpha value is -1.86. The molecule has 0 amide bonds. The van der Waals surface area contributed by atoms with Crippen LogP contribution in [0.15, 0.2) is 46.0 Å². The maximum Gasteiger partial charge on any atom is 0.240 e. The fourth-order valence-corrected chi connectivity index (χ4v) is 2.61. The molecule has 2 aromatic heterocycles. The van der Waals surface area contributed by atoms with Gasteiger partial charge in [-0.15, -0.1) is 0 Å². The predicted molar refractivity (Wildman–Crippen MR) is 71.4 cm³/mol. The fraction of sp³-hybridized carbons (Fsp3) is 0.250. The topological polar surface area (TPSA) is 84.2 Å². The number of anilines is 1. The number of aromatic nitrogens is 1. The molecule has 0 spiro atoms. The van der Waals surface area contributed by atoms with Crippen molar-refractivity contribution in [2.24, 2.45) is 0 Å². The lowest BCUT2D eigenvalue weighted by Crippen LogP contribution is -2.26. The minimum absolute atomic E-state index is 0.186. The van der Waals surface area contributed by atoms with Gasteiger partial charge in [-0.25, -0.2) is 18.1 Å². The van der Waals surface area contributed by atoms with E-state index in [0.29, 0.717) is 12.2 Å². The van der Waals surface area contributed by atoms with Crippen molar-refractivity contribution in [1.29, 1.82) is 0 Å². The van der Waals surface area contributed by atoms with Crippen LogP contribution in [-0.2, 0) is 16.4 Å². The summed E-state index contributed by atoms with van der Waals surface area (Å²) >= 11 is 0. The number of furan rings is 1. The molecule has 2 N–H and O–H groups in total. The van der Waals surface area contributed by atoms with Gasteiger partial charge in [0.2, 0.25) is 10.0 Å². The van der Waals surface area contributed by atoms with Crippen LogP contribution < -0.4 is 10.0 Å². The molecule has 0 aliphatic heterocycles. The van der Waals surface area contributed by atoms with Crippen LogP contribution in [0.1, 0.15) is 5.76 Å². The van der Waals surface area contributed by atoms with Gasteiger partial charge in [-0.1, -0.05) is 0 Å². The largest absolute Gasteiger partial charge is 0.469 e. The van der Waals surface area contributed by atoms with E-state index in [1.54, 1.807) is 25.4 Å². The van der Waals surface area contributed by atoms with Crippen molar-refractivity contribution in [1.82, 2.24) is 9.71 Å². The van der Waals surface area contributed by atoms with Crippen molar-refractivity contribution >= 4 is 15.8 Å². The Morgan fingerprint density at radius 1 is 1.37 bits per heavy atom. The number of hydrogen-bond donors (Lipinski definition) is 2. The maximum absolute atomic E-state index is 12.0. The predicted octanol–water partition coefficient (Wildman–Crippen LogP) is 1.24. The molecule has 0 aromatic carbocycles. The SMILES string of the molecule is CNc1cc(S(=O)(=O)NCCc2ccco2)ccn1. The number of nitrogens with one attached hydrogen (secondary N) is 2.